The van der Waals surface area contributed by atoms with Crippen molar-refractivity contribution >= 4 is 10.0 Å². The fraction of sp³-hybridized carbons (Fsp3) is 0.400. The van der Waals surface area contributed by atoms with Crippen molar-refractivity contribution in [3.8, 4) is 11.1 Å². The normalized spacial score (nSPS) is 20.8. The summed E-state index contributed by atoms with van der Waals surface area (Å²) in [4.78, 5) is 0.0838. The third kappa shape index (κ3) is 4.54. The highest BCUT2D eigenvalue weighted by atomic mass is 32.2. The van der Waals surface area contributed by atoms with Crippen molar-refractivity contribution in [2.45, 2.75) is 49.6 Å². The van der Waals surface area contributed by atoms with E-state index < -0.39 is 27.3 Å². The Labute approximate surface area is 158 Å². The number of benzene rings is 2. The van der Waals surface area contributed by atoms with Crippen molar-refractivity contribution in [3.05, 3.63) is 54.1 Å². The molecule has 1 aliphatic rings. The molecule has 7 heteroatoms. The Hall–Kier alpha value is -1.83. The number of nitrogens with one attached hydrogen (secondary N) is 1. The van der Waals surface area contributed by atoms with E-state index in [1.54, 1.807) is 13.8 Å². The highest BCUT2D eigenvalue weighted by Crippen LogP contribution is 2.34. The van der Waals surface area contributed by atoms with Crippen LogP contribution in [0.25, 0.3) is 11.1 Å². The van der Waals surface area contributed by atoms with Crippen LogP contribution in [0.1, 0.15) is 33.1 Å². The molecule has 2 atom stereocenters. The first-order valence-electron chi connectivity index (χ1n) is 8.86. The first-order chi connectivity index (χ1) is 12.6. The first kappa shape index (κ1) is 19.9. The lowest BCUT2D eigenvalue weighted by molar-refractivity contribution is 0.0193. The highest BCUT2D eigenvalue weighted by Gasteiger charge is 2.36. The maximum atomic E-state index is 13.9. The van der Waals surface area contributed by atoms with Gasteiger partial charge in [0.2, 0.25) is 10.0 Å². The average molecular weight is 395 g/mol. The summed E-state index contributed by atoms with van der Waals surface area (Å²) in [5, 5.41) is 10.1. The summed E-state index contributed by atoms with van der Waals surface area (Å²) in [5.41, 5.74) is -0.160. The number of hydrogen-bond donors (Lipinski definition) is 2. The minimum Gasteiger partial charge on any atom is -0.390 e. The van der Waals surface area contributed by atoms with Gasteiger partial charge in [-0.1, -0.05) is 12.1 Å². The SMILES string of the molecule is CC(C)(O)C1CC[C@@H](NS(=O)(=O)c2ccc(-c3ccc(F)cc3F)cc2)C1. The van der Waals surface area contributed by atoms with Crippen molar-refractivity contribution in [2.24, 2.45) is 5.92 Å². The second kappa shape index (κ2) is 7.30. The fourth-order valence-corrected chi connectivity index (χ4v) is 4.84. The molecule has 4 nitrogen and oxygen atoms in total. The third-order valence-electron chi connectivity index (χ3n) is 5.16. The molecule has 0 aliphatic heterocycles. The molecular weight excluding hydrogens is 372 g/mol. The second-order valence-corrected chi connectivity index (χ2v) is 9.34. The number of sulfonamides is 1. The van der Waals surface area contributed by atoms with Gasteiger partial charge in [0.05, 0.1) is 10.5 Å². The molecule has 0 aromatic heterocycles. The van der Waals surface area contributed by atoms with Crippen LogP contribution in [0.3, 0.4) is 0 Å². The lowest BCUT2D eigenvalue weighted by Gasteiger charge is -2.25. The Morgan fingerprint density at radius 2 is 1.74 bits per heavy atom. The number of hydrogen-bond acceptors (Lipinski definition) is 3. The summed E-state index contributed by atoms with van der Waals surface area (Å²) in [5.74, 6) is -1.32. The van der Waals surface area contributed by atoms with Crippen LogP contribution in [0, 0.1) is 17.6 Å². The van der Waals surface area contributed by atoms with Gasteiger partial charge in [-0.3, -0.25) is 0 Å². The Kier molecular flexibility index (Phi) is 5.38. The van der Waals surface area contributed by atoms with Crippen molar-refractivity contribution in [1.29, 1.82) is 0 Å². The van der Waals surface area contributed by atoms with Gasteiger partial charge in [0, 0.05) is 17.7 Å². The van der Waals surface area contributed by atoms with Gasteiger partial charge in [-0.2, -0.15) is 0 Å². The summed E-state index contributed by atoms with van der Waals surface area (Å²) in [6.07, 6.45) is 2.02. The van der Waals surface area contributed by atoms with Crippen molar-refractivity contribution in [2.75, 3.05) is 0 Å². The topological polar surface area (TPSA) is 66.4 Å². The fourth-order valence-electron chi connectivity index (χ4n) is 3.55. The van der Waals surface area contributed by atoms with E-state index in [0.717, 1.165) is 18.6 Å². The van der Waals surface area contributed by atoms with Crippen LogP contribution in [0.4, 0.5) is 8.78 Å². The molecule has 1 unspecified atom stereocenters. The summed E-state index contributed by atoms with van der Waals surface area (Å²) in [7, 11) is -3.71. The lowest BCUT2D eigenvalue weighted by atomic mass is 9.90. The quantitative estimate of drug-likeness (QED) is 0.808. The minimum atomic E-state index is -3.71. The molecule has 0 spiro atoms. The van der Waals surface area contributed by atoms with E-state index in [-0.39, 0.29) is 22.4 Å². The zero-order valence-corrected chi connectivity index (χ0v) is 16.1. The van der Waals surface area contributed by atoms with E-state index >= 15 is 0 Å². The Balaban J connectivity index is 1.74. The monoisotopic (exact) mass is 395 g/mol. The number of rotatable bonds is 5. The van der Waals surface area contributed by atoms with Gasteiger partial charge < -0.3 is 5.11 Å². The van der Waals surface area contributed by atoms with Crippen LogP contribution < -0.4 is 4.72 Å². The van der Waals surface area contributed by atoms with E-state index in [1.807, 2.05) is 0 Å². The van der Waals surface area contributed by atoms with Crippen molar-refractivity contribution in [3.63, 3.8) is 0 Å². The average Bonchev–Trinajstić information content (AvgIpc) is 3.03. The molecule has 3 rings (SSSR count). The van der Waals surface area contributed by atoms with Crippen molar-refractivity contribution < 1.29 is 22.3 Å². The van der Waals surface area contributed by atoms with Gasteiger partial charge in [-0.15, -0.1) is 0 Å². The number of aliphatic hydroxyl groups is 1. The molecule has 0 radical (unpaired) electrons. The van der Waals surface area contributed by atoms with Gasteiger partial charge in [-0.25, -0.2) is 21.9 Å². The highest BCUT2D eigenvalue weighted by molar-refractivity contribution is 7.89. The van der Waals surface area contributed by atoms with Crippen LogP contribution in [-0.4, -0.2) is 25.2 Å². The molecule has 146 valence electrons. The molecule has 2 N–H and O–H groups in total. The van der Waals surface area contributed by atoms with Gasteiger partial charge in [0.1, 0.15) is 11.6 Å². The Bertz CT molecular complexity index is 921. The van der Waals surface area contributed by atoms with Crippen LogP contribution in [0.15, 0.2) is 47.4 Å². The smallest absolute Gasteiger partial charge is 0.240 e. The minimum absolute atomic E-state index is 0.0500. The van der Waals surface area contributed by atoms with Crippen LogP contribution in [-0.2, 0) is 10.0 Å². The summed E-state index contributed by atoms with van der Waals surface area (Å²) in [6.45, 7) is 3.48. The molecule has 0 heterocycles. The zero-order valence-electron chi connectivity index (χ0n) is 15.2. The van der Waals surface area contributed by atoms with Crippen LogP contribution >= 0.6 is 0 Å². The van der Waals surface area contributed by atoms with Crippen molar-refractivity contribution in [1.82, 2.24) is 4.72 Å². The van der Waals surface area contributed by atoms with Gasteiger partial charge in [0.15, 0.2) is 0 Å². The van der Waals surface area contributed by atoms with Gasteiger partial charge in [0.25, 0.3) is 0 Å². The molecule has 2 aromatic carbocycles. The van der Waals surface area contributed by atoms with Gasteiger partial charge in [-0.05, 0) is 68.9 Å². The Morgan fingerprint density at radius 3 is 2.30 bits per heavy atom. The summed E-state index contributed by atoms with van der Waals surface area (Å²) < 4.78 is 54.8. The third-order valence-corrected chi connectivity index (χ3v) is 6.70. The Morgan fingerprint density at radius 1 is 1.07 bits per heavy atom. The maximum absolute atomic E-state index is 13.9. The van der Waals surface area contributed by atoms with E-state index in [9.17, 15) is 22.3 Å². The molecule has 1 aliphatic carbocycles. The summed E-state index contributed by atoms with van der Waals surface area (Å²) in [6, 6.07) is 8.86. The van der Waals surface area contributed by atoms with E-state index in [2.05, 4.69) is 4.72 Å². The lowest BCUT2D eigenvalue weighted by Crippen LogP contribution is -2.35. The van der Waals surface area contributed by atoms with Crippen LogP contribution in [0.2, 0.25) is 0 Å². The molecule has 1 saturated carbocycles. The molecule has 1 fully saturated rings. The maximum Gasteiger partial charge on any atom is 0.240 e. The predicted molar refractivity (Wildman–Crippen MR) is 99.5 cm³/mol. The molecule has 2 aromatic rings. The molecule has 0 saturated heterocycles. The van der Waals surface area contributed by atoms with E-state index in [0.29, 0.717) is 18.4 Å². The molecular formula is C20H23F2NO3S. The standard InChI is InChI=1S/C20H23F2NO3S/c1-20(2,24)14-5-7-16(11-14)23-27(25,26)17-8-3-13(4-9-17)18-10-6-15(21)12-19(18)22/h3-4,6,8-10,12,14,16,23-24H,5,7,11H2,1-2H3/t14?,16-/m1/s1. The number of halogens is 2. The van der Waals surface area contributed by atoms with E-state index in [4.69, 9.17) is 0 Å². The first-order valence-corrected chi connectivity index (χ1v) is 10.3. The van der Waals surface area contributed by atoms with Gasteiger partial charge >= 0.3 is 0 Å². The molecule has 0 amide bonds. The zero-order chi connectivity index (χ0) is 19.8. The van der Waals surface area contributed by atoms with Crippen LogP contribution in [0.5, 0.6) is 0 Å². The summed E-state index contributed by atoms with van der Waals surface area (Å²) >= 11 is 0. The second-order valence-electron chi connectivity index (χ2n) is 7.63. The predicted octanol–water partition coefficient (Wildman–Crippen LogP) is 3.85. The largest absolute Gasteiger partial charge is 0.390 e. The van der Waals surface area contributed by atoms with E-state index in [1.165, 1.54) is 30.3 Å². The molecule has 27 heavy (non-hydrogen) atoms. The molecule has 0 bridgehead atoms.